The highest BCUT2D eigenvalue weighted by Gasteiger charge is 2.22. The molecule has 20 heavy (non-hydrogen) atoms. The quantitative estimate of drug-likeness (QED) is 0.869. The maximum absolute atomic E-state index is 5.84. The lowest BCUT2D eigenvalue weighted by molar-refractivity contribution is 0.0259. The van der Waals surface area contributed by atoms with Gasteiger partial charge < -0.3 is 19.9 Å². The first-order chi connectivity index (χ1) is 9.58. The first kappa shape index (κ1) is 15.1. The molecule has 4 heteroatoms. The molecule has 3 unspecified atom stereocenters. The van der Waals surface area contributed by atoms with Crippen molar-refractivity contribution in [3.63, 3.8) is 0 Å². The maximum Gasteiger partial charge on any atom is 0.161 e. The van der Waals surface area contributed by atoms with Crippen LogP contribution >= 0.6 is 0 Å². The van der Waals surface area contributed by atoms with E-state index in [1.807, 2.05) is 25.1 Å². The van der Waals surface area contributed by atoms with Crippen LogP contribution in [0.15, 0.2) is 18.2 Å². The molecular weight excluding hydrogens is 254 g/mol. The molecule has 112 valence electrons. The van der Waals surface area contributed by atoms with Gasteiger partial charge in [0.05, 0.1) is 19.3 Å². The van der Waals surface area contributed by atoms with Crippen LogP contribution in [0.2, 0.25) is 0 Å². The summed E-state index contributed by atoms with van der Waals surface area (Å²) in [6.45, 7) is 4.67. The Balaban J connectivity index is 1.96. The summed E-state index contributed by atoms with van der Waals surface area (Å²) in [5, 5.41) is 0. The molecule has 3 atom stereocenters. The number of rotatable bonds is 6. The smallest absolute Gasteiger partial charge is 0.161 e. The molecule has 1 saturated heterocycles. The van der Waals surface area contributed by atoms with Crippen LogP contribution in [0.3, 0.4) is 0 Å². The van der Waals surface area contributed by atoms with Gasteiger partial charge in [-0.1, -0.05) is 6.07 Å². The molecule has 1 aliphatic heterocycles. The van der Waals surface area contributed by atoms with Gasteiger partial charge in [0.2, 0.25) is 0 Å². The first-order valence-corrected chi connectivity index (χ1v) is 7.29. The average Bonchev–Trinajstić information content (AvgIpc) is 2.82. The summed E-state index contributed by atoms with van der Waals surface area (Å²) in [5.74, 6) is 1.53. The Hall–Kier alpha value is -1.26. The van der Waals surface area contributed by atoms with Gasteiger partial charge in [0.25, 0.3) is 0 Å². The molecule has 0 saturated carbocycles. The molecule has 0 amide bonds. The fraction of sp³-hybridized carbons (Fsp3) is 0.625. The van der Waals surface area contributed by atoms with Gasteiger partial charge in [-0.25, -0.2) is 0 Å². The highest BCUT2D eigenvalue weighted by molar-refractivity contribution is 5.43. The summed E-state index contributed by atoms with van der Waals surface area (Å²) in [6, 6.07) is 6.13. The summed E-state index contributed by atoms with van der Waals surface area (Å²) >= 11 is 0. The van der Waals surface area contributed by atoms with Crippen molar-refractivity contribution in [2.24, 2.45) is 5.73 Å². The van der Waals surface area contributed by atoms with E-state index in [-0.39, 0.29) is 12.1 Å². The minimum absolute atomic E-state index is 0.139. The van der Waals surface area contributed by atoms with Crippen molar-refractivity contribution in [1.29, 1.82) is 0 Å². The number of hydrogen-bond acceptors (Lipinski definition) is 4. The van der Waals surface area contributed by atoms with E-state index < -0.39 is 0 Å². The zero-order chi connectivity index (χ0) is 14.5. The first-order valence-electron chi connectivity index (χ1n) is 7.29. The molecule has 1 aromatic carbocycles. The predicted molar refractivity (Wildman–Crippen MR) is 79.4 cm³/mol. The largest absolute Gasteiger partial charge is 0.493 e. The molecule has 0 radical (unpaired) electrons. The molecule has 4 nitrogen and oxygen atoms in total. The summed E-state index contributed by atoms with van der Waals surface area (Å²) in [4.78, 5) is 0. The highest BCUT2D eigenvalue weighted by Crippen LogP contribution is 2.29. The monoisotopic (exact) mass is 279 g/mol. The lowest BCUT2D eigenvalue weighted by atomic mass is 10.1. The second kappa shape index (κ2) is 6.95. The van der Waals surface area contributed by atoms with E-state index in [1.165, 1.54) is 0 Å². The molecule has 2 N–H and O–H groups in total. The average molecular weight is 279 g/mol. The lowest BCUT2D eigenvalue weighted by Crippen LogP contribution is -2.19. The maximum atomic E-state index is 5.84. The number of methoxy groups -OCH3 is 1. The van der Waals surface area contributed by atoms with Crippen molar-refractivity contribution in [2.45, 2.75) is 51.4 Å². The summed E-state index contributed by atoms with van der Waals surface area (Å²) in [6.07, 6.45) is 3.54. The highest BCUT2D eigenvalue weighted by atomic mass is 16.6. The summed E-state index contributed by atoms with van der Waals surface area (Å²) < 4.78 is 17.0. The molecule has 1 heterocycles. The number of ether oxygens (including phenoxy) is 3. The molecule has 0 aromatic heterocycles. The van der Waals surface area contributed by atoms with E-state index in [1.54, 1.807) is 7.11 Å². The van der Waals surface area contributed by atoms with Gasteiger partial charge >= 0.3 is 0 Å². The fourth-order valence-corrected chi connectivity index (χ4v) is 2.52. The van der Waals surface area contributed by atoms with Crippen molar-refractivity contribution in [1.82, 2.24) is 0 Å². The van der Waals surface area contributed by atoms with Crippen LogP contribution in [0.5, 0.6) is 11.5 Å². The predicted octanol–water partition coefficient (Wildman–Crippen LogP) is 2.53. The number of nitrogens with two attached hydrogens (primary N) is 1. The van der Waals surface area contributed by atoms with E-state index in [2.05, 4.69) is 6.92 Å². The van der Waals surface area contributed by atoms with Crippen LogP contribution in [0.1, 0.15) is 32.3 Å². The molecule has 0 aliphatic carbocycles. The Bertz CT molecular complexity index is 434. The second-order valence-electron chi connectivity index (χ2n) is 5.62. The van der Waals surface area contributed by atoms with Crippen molar-refractivity contribution in [2.75, 3.05) is 13.7 Å². The fourth-order valence-electron chi connectivity index (χ4n) is 2.52. The van der Waals surface area contributed by atoms with Crippen LogP contribution in [0.25, 0.3) is 0 Å². The third-order valence-corrected chi connectivity index (χ3v) is 3.53. The molecule has 2 rings (SSSR count). The Morgan fingerprint density at radius 3 is 2.75 bits per heavy atom. The molecular formula is C16H25NO3. The molecule has 0 spiro atoms. The summed E-state index contributed by atoms with van der Waals surface area (Å²) in [5.41, 5.74) is 6.98. The third-order valence-electron chi connectivity index (χ3n) is 3.53. The normalized spacial score (nSPS) is 23.6. The van der Waals surface area contributed by atoms with Crippen LogP contribution in [0.4, 0.5) is 0 Å². The zero-order valence-corrected chi connectivity index (χ0v) is 12.6. The lowest BCUT2D eigenvalue weighted by Gasteiger charge is -2.16. The van der Waals surface area contributed by atoms with Crippen LogP contribution in [-0.2, 0) is 11.2 Å². The van der Waals surface area contributed by atoms with Crippen molar-refractivity contribution < 1.29 is 14.2 Å². The zero-order valence-electron chi connectivity index (χ0n) is 12.6. The number of benzene rings is 1. The minimum Gasteiger partial charge on any atom is -0.493 e. The Labute approximate surface area is 121 Å². The van der Waals surface area contributed by atoms with E-state index >= 15 is 0 Å². The van der Waals surface area contributed by atoms with E-state index in [4.69, 9.17) is 19.9 Å². The van der Waals surface area contributed by atoms with E-state index in [0.29, 0.717) is 12.7 Å². The standard InChI is InChI=1S/C16H25NO3/c1-11(17)8-13-5-7-15(16(9-13)18-3)19-10-14-6-4-12(2)20-14/h5,7,9,11-12,14H,4,6,8,10,17H2,1-3H3. The Morgan fingerprint density at radius 1 is 1.35 bits per heavy atom. The topological polar surface area (TPSA) is 53.7 Å². The SMILES string of the molecule is COc1cc(CC(C)N)ccc1OCC1CCC(C)O1. The Kier molecular flexibility index (Phi) is 5.26. The minimum atomic E-state index is 0.139. The Morgan fingerprint density at radius 2 is 2.15 bits per heavy atom. The van der Waals surface area contributed by atoms with Gasteiger partial charge in [-0.2, -0.15) is 0 Å². The van der Waals surface area contributed by atoms with Crippen molar-refractivity contribution in [3.8, 4) is 11.5 Å². The van der Waals surface area contributed by atoms with Gasteiger partial charge in [-0.3, -0.25) is 0 Å². The molecule has 1 fully saturated rings. The van der Waals surface area contributed by atoms with Crippen LogP contribution < -0.4 is 15.2 Å². The van der Waals surface area contributed by atoms with Gasteiger partial charge in [-0.05, 0) is 50.8 Å². The molecule has 1 aliphatic rings. The van der Waals surface area contributed by atoms with Gasteiger partial charge in [0.1, 0.15) is 6.61 Å². The molecule has 1 aromatic rings. The van der Waals surface area contributed by atoms with E-state index in [0.717, 1.165) is 36.3 Å². The second-order valence-corrected chi connectivity index (χ2v) is 5.62. The van der Waals surface area contributed by atoms with E-state index in [9.17, 15) is 0 Å². The van der Waals surface area contributed by atoms with Gasteiger partial charge in [-0.15, -0.1) is 0 Å². The summed E-state index contributed by atoms with van der Waals surface area (Å²) in [7, 11) is 1.66. The van der Waals surface area contributed by atoms with Crippen molar-refractivity contribution >= 4 is 0 Å². The van der Waals surface area contributed by atoms with Crippen LogP contribution in [0, 0.1) is 0 Å². The van der Waals surface area contributed by atoms with Gasteiger partial charge in [0, 0.05) is 6.04 Å². The molecule has 0 bridgehead atoms. The van der Waals surface area contributed by atoms with Crippen LogP contribution in [-0.4, -0.2) is 32.0 Å². The number of hydrogen-bond donors (Lipinski definition) is 1. The van der Waals surface area contributed by atoms with Gasteiger partial charge in [0.15, 0.2) is 11.5 Å². The third kappa shape index (κ3) is 4.12. The van der Waals surface area contributed by atoms with Crippen molar-refractivity contribution in [3.05, 3.63) is 23.8 Å².